The van der Waals surface area contributed by atoms with Gasteiger partial charge in [0.05, 0.1) is 0 Å². The molecule has 7 heteroatoms. The van der Waals surface area contributed by atoms with E-state index in [9.17, 15) is 0 Å². The SMILES string of the molecule is O=S(O)(O)=S.[Ag].[H-].[Na+]. The Morgan fingerprint density at radius 2 is 1.57 bits per heavy atom. The van der Waals surface area contributed by atoms with Crippen molar-refractivity contribution < 1.29 is 66.7 Å². The molecule has 0 saturated carbocycles. The Morgan fingerprint density at radius 1 is 1.57 bits per heavy atom. The number of rotatable bonds is 0. The molecule has 0 spiro atoms. The van der Waals surface area contributed by atoms with E-state index in [1.807, 2.05) is 0 Å². The van der Waals surface area contributed by atoms with Gasteiger partial charge in [-0.2, -0.15) is 4.21 Å². The average Bonchev–Trinajstić information content (AvgIpc) is 0.722. The molecule has 0 aromatic rings. The summed E-state index contributed by atoms with van der Waals surface area (Å²) in [6, 6.07) is 0. The first kappa shape index (κ1) is 16.0. The van der Waals surface area contributed by atoms with Crippen molar-refractivity contribution in [2.75, 3.05) is 0 Å². The molecule has 0 bridgehead atoms. The Kier molecular flexibility index (Phi) is 14.1. The summed E-state index contributed by atoms with van der Waals surface area (Å²) in [5, 5.41) is 0. The summed E-state index contributed by atoms with van der Waals surface area (Å²) >= 11 is 3.47. The van der Waals surface area contributed by atoms with Gasteiger partial charge < -0.3 is 1.43 Å². The van der Waals surface area contributed by atoms with Gasteiger partial charge >= 0.3 is 29.6 Å². The van der Waals surface area contributed by atoms with E-state index >= 15 is 0 Å². The van der Waals surface area contributed by atoms with Crippen molar-refractivity contribution >= 4 is 20.2 Å². The van der Waals surface area contributed by atoms with Crippen molar-refractivity contribution in [2.24, 2.45) is 0 Å². The van der Waals surface area contributed by atoms with Crippen LogP contribution in [-0.2, 0) is 42.6 Å². The topological polar surface area (TPSA) is 57.5 Å². The van der Waals surface area contributed by atoms with Crippen LogP contribution in [0.1, 0.15) is 1.43 Å². The van der Waals surface area contributed by atoms with E-state index in [1.165, 1.54) is 0 Å². The van der Waals surface area contributed by atoms with Gasteiger partial charge in [-0.05, 0) is 0 Å². The van der Waals surface area contributed by atoms with Crippen molar-refractivity contribution in [3.8, 4) is 0 Å². The summed E-state index contributed by atoms with van der Waals surface area (Å²) in [6.07, 6.45) is 0. The first-order valence-corrected chi connectivity index (χ1v) is 3.10. The van der Waals surface area contributed by atoms with Crippen molar-refractivity contribution in [2.45, 2.75) is 0 Å². The quantitative estimate of drug-likeness (QED) is 0.442. The maximum Gasteiger partial charge on any atom is 1.00 e. The Hall–Kier alpha value is 2.03. The van der Waals surface area contributed by atoms with E-state index in [1.54, 1.807) is 0 Å². The van der Waals surface area contributed by atoms with Crippen molar-refractivity contribution in [1.29, 1.82) is 0 Å². The molecule has 0 aliphatic carbocycles. The van der Waals surface area contributed by atoms with E-state index in [0.717, 1.165) is 0 Å². The minimum Gasteiger partial charge on any atom is -1.00 e. The van der Waals surface area contributed by atoms with Crippen molar-refractivity contribution in [3.63, 3.8) is 0 Å². The molecule has 1 radical (unpaired) electrons. The van der Waals surface area contributed by atoms with Crippen LogP contribution in [0.25, 0.3) is 0 Å². The van der Waals surface area contributed by atoms with Gasteiger partial charge in [0.2, 0.25) is 0 Å². The molecule has 0 heterocycles. The fourth-order valence-corrected chi connectivity index (χ4v) is 0. The van der Waals surface area contributed by atoms with E-state index in [0.29, 0.717) is 0 Å². The largest absolute Gasteiger partial charge is 1.00 e. The van der Waals surface area contributed by atoms with Crippen LogP contribution in [0, 0.1) is 0 Å². The smallest absolute Gasteiger partial charge is 1.00 e. The molecular formula is H3AgNaO3S2. The maximum atomic E-state index is 9.11. The first-order valence-electron chi connectivity index (χ1n) is 0.698. The maximum absolute atomic E-state index is 9.11. The molecule has 45 valence electrons. The van der Waals surface area contributed by atoms with Gasteiger partial charge in [0.15, 0.2) is 0 Å². The molecule has 0 rings (SSSR count). The monoisotopic (exact) mass is 245 g/mol. The Balaban J connectivity index is -0.0000000267. The van der Waals surface area contributed by atoms with Crippen molar-refractivity contribution in [1.82, 2.24) is 0 Å². The van der Waals surface area contributed by atoms with E-state index in [4.69, 9.17) is 13.3 Å². The van der Waals surface area contributed by atoms with Gasteiger partial charge in [0.25, 0.3) is 9.05 Å². The molecule has 3 nitrogen and oxygen atoms in total. The van der Waals surface area contributed by atoms with Crippen molar-refractivity contribution in [3.05, 3.63) is 0 Å². The third-order valence-electron chi connectivity index (χ3n) is 0. The van der Waals surface area contributed by atoms with Crippen LogP contribution in [0.5, 0.6) is 0 Å². The molecule has 0 saturated heterocycles. The molecule has 0 atom stereocenters. The number of hydrogen-bond acceptors (Lipinski definition) is 2. The van der Waals surface area contributed by atoms with Crippen LogP contribution in [0.3, 0.4) is 0 Å². The third kappa shape index (κ3) is 70.8. The van der Waals surface area contributed by atoms with Gasteiger partial charge in [-0.25, -0.2) is 0 Å². The third-order valence-corrected chi connectivity index (χ3v) is 0. The molecule has 7 heavy (non-hydrogen) atoms. The summed E-state index contributed by atoms with van der Waals surface area (Å²) in [6.45, 7) is 0. The number of hydrogen-bond donors (Lipinski definition) is 2. The molecule has 0 fully saturated rings. The fourth-order valence-electron chi connectivity index (χ4n) is 0. The fraction of sp³-hybridized carbons (Fsp3) is 0. The van der Waals surface area contributed by atoms with Gasteiger partial charge in [-0.3, -0.25) is 9.11 Å². The van der Waals surface area contributed by atoms with Crippen LogP contribution in [0.4, 0.5) is 0 Å². The molecular weight excluding hydrogens is 243 g/mol. The average molecular weight is 246 g/mol. The van der Waals surface area contributed by atoms with E-state index in [2.05, 4.69) is 11.2 Å². The van der Waals surface area contributed by atoms with Gasteiger partial charge in [-0.15, -0.1) is 0 Å². The summed E-state index contributed by atoms with van der Waals surface area (Å²) in [5.74, 6) is 0. The van der Waals surface area contributed by atoms with E-state index < -0.39 is 9.05 Å². The summed E-state index contributed by atoms with van der Waals surface area (Å²) < 4.78 is 24.0. The van der Waals surface area contributed by atoms with Gasteiger partial charge in [0.1, 0.15) is 0 Å². The van der Waals surface area contributed by atoms with Crippen LogP contribution in [-0.4, -0.2) is 13.3 Å². The minimum absolute atomic E-state index is 0. The zero-order valence-electron chi connectivity index (χ0n) is 4.42. The predicted molar refractivity (Wildman–Crippen MR) is 21.9 cm³/mol. The summed E-state index contributed by atoms with van der Waals surface area (Å²) in [4.78, 5) is 0. The zero-order valence-corrected chi connectivity index (χ0v) is 8.54. The molecule has 0 aromatic carbocycles. The van der Waals surface area contributed by atoms with Crippen LogP contribution in [0.15, 0.2) is 0 Å². The normalized spacial score (nSPS) is 8.29. The van der Waals surface area contributed by atoms with Gasteiger partial charge in [-0.1, -0.05) is 0 Å². The Bertz CT molecular complexity index is 100. The van der Waals surface area contributed by atoms with Crippen LogP contribution >= 0.6 is 0 Å². The summed E-state index contributed by atoms with van der Waals surface area (Å²) in [5.41, 5.74) is 0. The molecule has 0 amide bonds. The second-order valence-corrected chi connectivity index (χ2v) is 2.65. The Labute approximate surface area is 85.9 Å². The summed E-state index contributed by atoms with van der Waals surface area (Å²) in [7, 11) is -3.83. The van der Waals surface area contributed by atoms with Crippen LogP contribution in [0.2, 0.25) is 0 Å². The molecule has 2 N–H and O–H groups in total. The zero-order chi connectivity index (χ0) is 4.50. The Morgan fingerprint density at radius 3 is 1.57 bits per heavy atom. The van der Waals surface area contributed by atoms with Gasteiger partial charge in [0, 0.05) is 33.6 Å². The molecule has 0 unspecified atom stereocenters. The van der Waals surface area contributed by atoms with E-state index in [-0.39, 0.29) is 53.4 Å². The molecule has 0 aromatic heterocycles. The first-order chi connectivity index (χ1) is 2.00. The minimum atomic E-state index is -3.83. The van der Waals surface area contributed by atoms with Crippen LogP contribution < -0.4 is 29.6 Å². The standard InChI is InChI=1S/Ag.Na.H2O3S2.H/c;;1-5(2,3)4;/h;;(H2,1,2,3,4);/q;+1;;-1. The molecule has 0 aliphatic rings. The molecule has 0 aliphatic heterocycles. The second-order valence-electron chi connectivity index (χ2n) is 0.448. The predicted octanol–water partition coefficient (Wildman–Crippen LogP) is -3.21. The second kappa shape index (κ2) is 6.15.